The molecule has 2 aliphatic heterocycles. The molecule has 1 fully saturated rings. The summed E-state index contributed by atoms with van der Waals surface area (Å²) in [7, 11) is 0. The first-order valence-corrected chi connectivity index (χ1v) is 9.75. The molecule has 3 rings (SSSR count). The third-order valence-corrected chi connectivity index (χ3v) is 6.25. The van der Waals surface area contributed by atoms with Gasteiger partial charge in [0.2, 0.25) is 0 Å². The molecule has 6 heteroatoms. The molecule has 1 spiro atoms. The number of hydrogen-bond acceptors (Lipinski definition) is 5. The highest BCUT2D eigenvalue weighted by atomic mass is 32.2. The van der Waals surface area contributed by atoms with E-state index in [2.05, 4.69) is 18.4 Å². The maximum absolute atomic E-state index is 11.9. The maximum atomic E-state index is 11.9. The number of carbonyl (C=O) groups excluding carboxylic acids is 1. The highest BCUT2D eigenvalue weighted by Gasteiger charge is 2.40. The zero-order valence-corrected chi connectivity index (χ0v) is 14.8. The Morgan fingerprint density at radius 3 is 2.91 bits per heavy atom. The van der Waals surface area contributed by atoms with E-state index in [4.69, 9.17) is 9.73 Å². The molecule has 22 heavy (non-hydrogen) atoms. The average Bonchev–Trinajstić information content (AvgIpc) is 2.96. The normalized spacial score (nSPS) is 19.7. The van der Waals surface area contributed by atoms with Gasteiger partial charge in [-0.15, -0.1) is 23.1 Å². The lowest BCUT2D eigenvalue weighted by atomic mass is 9.81. The van der Waals surface area contributed by atoms with Crippen LogP contribution in [0.3, 0.4) is 0 Å². The van der Waals surface area contributed by atoms with Crippen LogP contribution in [0.1, 0.15) is 37.1 Å². The molecule has 0 radical (unpaired) electrons. The van der Waals surface area contributed by atoms with Crippen LogP contribution in [0.2, 0.25) is 0 Å². The van der Waals surface area contributed by atoms with Crippen molar-refractivity contribution in [2.24, 2.45) is 4.99 Å². The minimum absolute atomic E-state index is 0.0193. The van der Waals surface area contributed by atoms with Crippen molar-refractivity contribution in [3.63, 3.8) is 0 Å². The molecule has 0 saturated carbocycles. The van der Waals surface area contributed by atoms with E-state index in [0.717, 1.165) is 38.1 Å². The Hall–Kier alpha value is -1.01. The van der Waals surface area contributed by atoms with Gasteiger partial charge in [0.1, 0.15) is 5.04 Å². The molecule has 1 aromatic heterocycles. The van der Waals surface area contributed by atoms with Crippen LogP contribution in [0.25, 0.3) is 0 Å². The van der Waals surface area contributed by atoms with Gasteiger partial charge in [0.05, 0.1) is 17.0 Å². The van der Waals surface area contributed by atoms with Crippen molar-refractivity contribution < 1.29 is 9.53 Å². The Kier molecular flexibility index (Phi) is 4.78. The molecule has 0 atom stereocenters. The summed E-state index contributed by atoms with van der Waals surface area (Å²) in [4.78, 5) is 20.2. The number of rotatable bonds is 2. The summed E-state index contributed by atoms with van der Waals surface area (Å²) in [6.07, 6.45) is 2.68. The molecule has 0 aromatic carbocycles. The van der Waals surface area contributed by atoms with Crippen molar-refractivity contribution in [1.29, 1.82) is 0 Å². The second kappa shape index (κ2) is 6.62. The van der Waals surface area contributed by atoms with Gasteiger partial charge in [0, 0.05) is 13.1 Å². The summed E-state index contributed by atoms with van der Waals surface area (Å²) < 4.78 is 5.11. The van der Waals surface area contributed by atoms with Crippen LogP contribution >= 0.6 is 23.1 Å². The van der Waals surface area contributed by atoms with Crippen LogP contribution in [0.15, 0.2) is 16.4 Å². The molecule has 3 heterocycles. The number of carbonyl (C=O) groups is 1. The predicted molar refractivity (Wildman–Crippen MR) is 93.3 cm³/mol. The number of amides is 1. The standard InChI is InChI=1S/C16H22N2O2S2/c1-3-20-15(19)18-8-6-16(7-9-18)11-12-5-10-22-13(12)14(17-16)21-4-2/h5,10H,3-4,6-9,11H2,1-2H3. The fourth-order valence-electron chi connectivity index (χ4n) is 3.17. The molecule has 2 aliphatic rings. The first kappa shape index (κ1) is 15.9. The number of likely N-dealkylation sites (tertiary alicyclic amines) is 1. The van der Waals surface area contributed by atoms with Crippen LogP contribution in [0, 0.1) is 0 Å². The van der Waals surface area contributed by atoms with Gasteiger partial charge in [-0.1, -0.05) is 6.92 Å². The van der Waals surface area contributed by atoms with E-state index in [9.17, 15) is 4.79 Å². The largest absolute Gasteiger partial charge is 0.450 e. The number of fused-ring (bicyclic) bond motifs is 1. The summed E-state index contributed by atoms with van der Waals surface area (Å²) in [6.45, 7) is 5.94. The third kappa shape index (κ3) is 3.04. The van der Waals surface area contributed by atoms with Crippen molar-refractivity contribution in [1.82, 2.24) is 4.90 Å². The minimum Gasteiger partial charge on any atom is -0.450 e. The number of piperidine rings is 1. The summed E-state index contributed by atoms with van der Waals surface area (Å²) in [6, 6.07) is 2.24. The molecule has 120 valence electrons. The Labute approximate surface area is 139 Å². The number of nitrogens with zero attached hydrogens (tertiary/aromatic N) is 2. The van der Waals surface area contributed by atoms with Crippen molar-refractivity contribution >= 4 is 34.2 Å². The third-order valence-electron chi connectivity index (χ3n) is 4.30. The average molecular weight is 338 g/mol. The zero-order chi connectivity index (χ0) is 15.6. The highest BCUT2D eigenvalue weighted by Crippen LogP contribution is 2.39. The summed E-state index contributed by atoms with van der Waals surface area (Å²) in [5.74, 6) is 1.04. The molecule has 0 N–H and O–H groups in total. The summed E-state index contributed by atoms with van der Waals surface area (Å²) >= 11 is 3.63. The van der Waals surface area contributed by atoms with Crippen LogP contribution in [0.4, 0.5) is 4.79 Å². The van der Waals surface area contributed by atoms with Gasteiger partial charge in [-0.3, -0.25) is 4.99 Å². The van der Waals surface area contributed by atoms with E-state index < -0.39 is 0 Å². The SMILES string of the molecule is CCOC(=O)N1CCC2(CC1)Cc1ccsc1C(SCC)=N2. The van der Waals surface area contributed by atoms with E-state index in [1.807, 2.05) is 23.6 Å². The van der Waals surface area contributed by atoms with Crippen LogP contribution in [0.5, 0.6) is 0 Å². The molecule has 0 unspecified atom stereocenters. The monoisotopic (exact) mass is 338 g/mol. The number of thiophene rings is 1. The van der Waals surface area contributed by atoms with Crippen molar-refractivity contribution in [2.45, 2.75) is 38.6 Å². The number of aliphatic imine (C=N–C) groups is 1. The minimum atomic E-state index is -0.184. The molecular formula is C16H22N2O2S2. The summed E-state index contributed by atoms with van der Waals surface area (Å²) in [5.41, 5.74) is 1.41. The number of ether oxygens (including phenoxy) is 1. The van der Waals surface area contributed by atoms with E-state index in [-0.39, 0.29) is 11.6 Å². The maximum Gasteiger partial charge on any atom is 0.409 e. The van der Waals surface area contributed by atoms with Crippen LogP contribution in [-0.4, -0.2) is 47.0 Å². The molecule has 0 aliphatic carbocycles. The summed E-state index contributed by atoms with van der Waals surface area (Å²) in [5, 5.41) is 3.37. The Morgan fingerprint density at radius 1 is 1.45 bits per heavy atom. The topological polar surface area (TPSA) is 41.9 Å². The fourth-order valence-corrected chi connectivity index (χ4v) is 5.09. The van der Waals surface area contributed by atoms with Crippen molar-refractivity contribution in [3.05, 3.63) is 21.9 Å². The van der Waals surface area contributed by atoms with Crippen LogP contribution in [-0.2, 0) is 11.2 Å². The van der Waals surface area contributed by atoms with Gasteiger partial charge in [0.25, 0.3) is 0 Å². The zero-order valence-electron chi connectivity index (χ0n) is 13.1. The molecular weight excluding hydrogens is 316 g/mol. The first-order chi connectivity index (χ1) is 10.7. The van der Waals surface area contributed by atoms with Gasteiger partial charge < -0.3 is 9.64 Å². The smallest absolute Gasteiger partial charge is 0.409 e. The first-order valence-electron chi connectivity index (χ1n) is 7.88. The predicted octanol–water partition coefficient (Wildman–Crippen LogP) is 3.80. The van der Waals surface area contributed by atoms with Crippen LogP contribution < -0.4 is 0 Å². The van der Waals surface area contributed by atoms with Crippen molar-refractivity contribution in [2.75, 3.05) is 25.4 Å². The fraction of sp³-hybridized carbons (Fsp3) is 0.625. The van der Waals surface area contributed by atoms with Gasteiger partial charge in [0.15, 0.2) is 0 Å². The quantitative estimate of drug-likeness (QED) is 0.824. The molecule has 1 saturated heterocycles. The van der Waals surface area contributed by atoms with Gasteiger partial charge in [-0.2, -0.15) is 0 Å². The highest BCUT2D eigenvalue weighted by molar-refractivity contribution is 8.14. The Morgan fingerprint density at radius 2 is 2.23 bits per heavy atom. The van der Waals surface area contributed by atoms with E-state index in [1.54, 1.807) is 11.3 Å². The number of thioether (sulfide) groups is 1. The second-order valence-corrected chi connectivity index (χ2v) is 7.88. The van der Waals surface area contributed by atoms with Gasteiger partial charge >= 0.3 is 6.09 Å². The number of hydrogen-bond donors (Lipinski definition) is 0. The molecule has 1 amide bonds. The molecule has 4 nitrogen and oxygen atoms in total. The lowest BCUT2D eigenvalue weighted by molar-refractivity contribution is 0.0874. The molecule has 1 aromatic rings. The lowest BCUT2D eigenvalue weighted by Crippen LogP contribution is -2.48. The Balaban J connectivity index is 1.75. The molecule has 0 bridgehead atoms. The van der Waals surface area contributed by atoms with E-state index in [0.29, 0.717) is 6.61 Å². The van der Waals surface area contributed by atoms with E-state index in [1.165, 1.54) is 15.5 Å². The van der Waals surface area contributed by atoms with Crippen molar-refractivity contribution in [3.8, 4) is 0 Å². The van der Waals surface area contributed by atoms with E-state index >= 15 is 0 Å². The second-order valence-electron chi connectivity index (χ2n) is 5.71. The van der Waals surface area contributed by atoms with Gasteiger partial charge in [-0.05, 0) is 48.9 Å². The lowest BCUT2D eigenvalue weighted by Gasteiger charge is -2.41. The van der Waals surface area contributed by atoms with Gasteiger partial charge in [-0.25, -0.2) is 4.79 Å². The Bertz CT molecular complexity index is 574.